The summed E-state index contributed by atoms with van der Waals surface area (Å²) >= 11 is 0. The maximum Gasteiger partial charge on any atom is 0.326 e. The summed E-state index contributed by atoms with van der Waals surface area (Å²) in [6, 6.07) is 4.76. The topological polar surface area (TPSA) is 38.3 Å². The zero-order chi connectivity index (χ0) is 11.3. The van der Waals surface area contributed by atoms with E-state index in [-0.39, 0.29) is 17.7 Å². The fourth-order valence-electron chi connectivity index (χ4n) is 2.62. The first-order valence-corrected chi connectivity index (χ1v) is 5.29. The Labute approximate surface area is 92.6 Å². The van der Waals surface area contributed by atoms with Crippen LogP contribution in [-0.2, 0) is 16.1 Å². The summed E-state index contributed by atoms with van der Waals surface area (Å²) in [4.78, 5) is 11.6. The number of nitrogens with one attached hydrogen (secondary N) is 1. The molecule has 1 fully saturated rings. The minimum Gasteiger partial charge on any atom is -0.468 e. The second-order valence-corrected chi connectivity index (χ2v) is 4.42. The van der Waals surface area contributed by atoms with Crippen molar-refractivity contribution in [3.63, 3.8) is 0 Å². The van der Waals surface area contributed by atoms with E-state index < -0.39 is 5.54 Å². The van der Waals surface area contributed by atoms with Crippen molar-refractivity contribution in [3.8, 4) is 0 Å². The summed E-state index contributed by atoms with van der Waals surface area (Å²) in [5.74, 6) is -0.418. The Hall–Kier alpha value is -1.42. The van der Waals surface area contributed by atoms with Gasteiger partial charge in [0.2, 0.25) is 0 Å². The van der Waals surface area contributed by atoms with E-state index in [0.717, 1.165) is 11.1 Å². The number of hydrogen-bond donors (Lipinski definition) is 1. The van der Waals surface area contributed by atoms with Gasteiger partial charge in [0.25, 0.3) is 0 Å². The van der Waals surface area contributed by atoms with Crippen LogP contribution in [0.2, 0.25) is 0 Å². The summed E-state index contributed by atoms with van der Waals surface area (Å²) in [7, 11) is 1.38. The van der Waals surface area contributed by atoms with Crippen LogP contribution in [0.15, 0.2) is 18.2 Å². The Morgan fingerprint density at radius 1 is 1.62 bits per heavy atom. The molecule has 16 heavy (non-hydrogen) atoms. The lowest BCUT2D eigenvalue weighted by atomic mass is 9.96. The van der Waals surface area contributed by atoms with Crippen molar-refractivity contribution in [2.75, 3.05) is 7.11 Å². The second-order valence-electron chi connectivity index (χ2n) is 4.42. The van der Waals surface area contributed by atoms with E-state index in [2.05, 4.69) is 5.32 Å². The average Bonchev–Trinajstić information content (AvgIpc) is 3.04. The van der Waals surface area contributed by atoms with E-state index in [4.69, 9.17) is 4.74 Å². The monoisotopic (exact) mass is 221 g/mol. The van der Waals surface area contributed by atoms with Gasteiger partial charge in [0.1, 0.15) is 11.4 Å². The van der Waals surface area contributed by atoms with E-state index in [1.807, 2.05) is 0 Å². The number of ether oxygens (including phenoxy) is 1. The van der Waals surface area contributed by atoms with Crippen LogP contribution in [0.4, 0.5) is 4.39 Å². The molecule has 1 saturated carbocycles. The molecule has 0 unspecified atom stereocenters. The third-order valence-electron chi connectivity index (χ3n) is 3.59. The Morgan fingerprint density at radius 3 is 3.19 bits per heavy atom. The van der Waals surface area contributed by atoms with E-state index in [9.17, 15) is 9.18 Å². The van der Waals surface area contributed by atoms with E-state index >= 15 is 0 Å². The summed E-state index contributed by atoms with van der Waals surface area (Å²) in [5, 5.41) is 3.20. The van der Waals surface area contributed by atoms with Crippen molar-refractivity contribution in [2.24, 2.45) is 0 Å². The highest BCUT2D eigenvalue weighted by Crippen LogP contribution is 2.55. The van der Waals surface area contributed by atoms with Gasteiger partial charge in [-0.2, -0.15) is 0 Å². The predicted molar refractivity (Wildman–Crippen MR) is 55.3 cm³/mol. The molecule has 1 aromatic rings. The maximum absolute atomic E-state index is 13.2. The molecule has 4 heteroatoms. The van der Waals surface area contributed by atoms with Crippen molar-refractivity contribution in [1.29, 1.82) is 0 Å². The molecular formula is C12H12FNO2. The summed E-state index contributed by atoms with van der Waals surface area (Å²) in [6.07, 6.45) is 0.704. The van der Waals surface area contributed by atoms with Gasteiger partial charge in [-0.05, 0) is 29.7 Å². The number of halogens is 1. The lowest BCUT2D eigenvalue weighted by Crippen LogP contribution is -2.43. The van der Waals surface area contributed by atoms with Crippen LogP contribution >= 0.6 is 0 Å². The SMILES string of the molecule is COC(=O)[C@]12C[C@@H]1c1cc(F)ccc1CN2. The van der Waals surface area contributed by atoms with E-state index in [1.54, 1.807) is 6.07 Å². The van der Waals surface area contributed by atoms with Crippen LogP contribution in [0.3, 0.4) is 0 Å². The number of hydrogen-bond acceptors (Lipinski definition) is 3. The minimum absolute atomic E-state index is 0.0689. The maximum atomic E-state index is 13.2. The van der Waals surface area contributed by atoms with E-state index in [1.165, 1.54) is 19.2 Å². The average molecular weight is 221 g/mol. The normalized spacial score (nSPS) is 30.2. The Kier molecular flexibility index (Phi) is 1.86. The molecule has 0 spiro atoms. The Bertz CT molecular complexity index is 474. The highest BCUT2D eigenvalue weighted by atomic mass is 19.1. The van der Waals surface area contributed by atoms with E-state index in [0.29, 0.717) is 13.0 Å². The van der Waals surface area contributed by atoms with Crippen molar-refractivity contribution in [1.82, 2.24) is 5.32 Å². The zero-order valence-corrected chi connectivity index (χ0v) is 8.92. The third-order valence-corrected chi connectivity index (χ3v) is 3.59. The number of carbonyl (C=O) groups excluding carboxylic acids is 1. The van der Waals surface area contributed by atoms with Gasteiger partial charge in [-0.3, -0.25) is 10.1 Å². The molecule has 3 nitrogen and oxygen atoms in total. The quantitative estimate of drug-likeness (QED) is 0.727. The molecule has 84 valence electrons. The number of esters is 1. The van der Waals surface area contributed by atoms with Crippen molar-refractivity contribution < 1.29 is 13.9 Å². The lowest BCUT2D eigenvalue weighted by Gasteiger charge is -2.23. The van der Waals surface area contributed by atoms with Gasteiger partial charge in [-0.25, -0.2) is 4.39 Å². The van der Waals surface area contributed by atoms with Crippen molar-refractivity contribution in [3.05, 3.63) is 35.1 Å². The molecule has 0 saturated heterocycles. The fourth-order valence-corrected chi connectivity index (χ4v) is 2.62. The largest absolute Gasteiger partial charge is 0.468 e. The molecule has 1 heterocycles. The molecule has 0 amide bonds. The molecule has 2 atom stereocenters. The standard InChI is InChI=1S/C12H12FNO2/c1-16-11(15)12-5-10(12)9-4-8(13)3-2-7(9)6-14-12/h2-4,10,14H,5-6H2,1H3/t10-,12+/m1/s1. The molecule has 1 aliphatic heterocycles. The first-order chi connectivity index (χ1) is 7.67. The number of fused-ring (bicyclic) bond motifs is 3. The lowest BCUT2D eigenvalue weighted by molar-refractivity contribution is -0.144. The van der Waals surface area contributed by atoms with Gasteiger partial charge < -0.3 is 4.74 Å². The highest BCUT2D eigenvalue weighted by molar-refractivity contribution is 5.87. The summed E-state index contributed by atoms with van der Waals surface area (Å²) < 4.78 is 17.9. The summed E-state index contributed by atoms with van der Waals surface area (Å²) in [6.45, 7) is 0.598. The smallest absolute Gasteiger partial charge is 0.326 e. The summed E-state index contributed by atoms with van der Waals surface area (Å²) in [5.41, 5.74) is 1.43. The van der Waals surface area contributed by atoms with Gasteiger partial charge in [0.05, 0.1) is 7.11 Å². The molecule has 3 rings (SSSR count). The molecule has 1 aromatic carbocycles. The van der Waals surface area contributed by atoms with Gasteiger partial charge in [0.15, 0.2) is 0 Å². The first kappa shape index (κ1) is 9.78. The second kappa shape index (κ2) is 3.04. The minimum atomic E-state index is -0.588. The van der Waals surface area contributed by atoms with Gasteiger partial charge in [-0.15, -0.1) is 0 Å². The molecular weight excluding hydrogens is 209 g/mol. The zero-order valence-electron chi connectivity index (χ0n) is 8.92. The fraction of sp³-hybridized carbons (Fsp3) is 0.417. The number of carbonyl (C=O) groups is 1. The van der Waals surface area contributed by atoms with Crippen molar-refractivity contribution in [2.45, 2.75) is 24.4 Å². The predicted octanol–water partition coefficient (Wildman–Crippen LogP) is 1.33. The van der Waals surface area contributed by atoms with Crippen LogP contribution in [0.5, 0.6) is 0 Å². The number of rotatable bonds is 1. The third kappa shape index (κ3) is 1.13. The number of benzene rings is 1. The first-order valence-electron chi connectivity index (χ1n) is 5.29. The number of methoxy groups -OCH3 is 1. The van der Waals surface area contributed by atoms with Gasteiger partial charge in [-0.1, -0.05) is 6.07 Å². The molecule has 0 aromatic heterocycles. The Morgan fingerprint density at radius 2 is 2.44 bits per heavy atom. The molecule has 0 bridgehead atoms. The van der Waals surface area contributed by atoms with Crippen molar-refractivity contribution >= 4 is 5.97 Å². The highest BCUT2D eigenvalue weighted by Gasteiger charge is 2.63. The van der Waals surface area contributed by atoms with Crippen LogP contribution in [0.25, 0.3) is 0 Å². The van der Waals surface area contributed by atoms with Crippen LogP contribution in [0, 0.1) is 5.82 Å². The molecule has 1 aliphatic carbocycles. The van der Waals surface area contributed by atoms with Gasteiger partial charge >= 0.3 is 5.97 Å². The van der Waals surface area contributed by atoms with Crippen LogP contribution in [0.1, 0.15) is 23.5 Å². The molecule has 0 radical (unpaired) electrons. The van der Waals surface area contributed by atoms with Crippen LogP contribution < -0.4 is 5.32 Å². The molecule has 2 aliphatic rings. The Balaban J connectivity index is 2.00. The molecule has 1 N–H and O–H groups in total. The van der Waals surface area contributed by atoms with Gasteiger partial charge in [0, 0.05) is 12.5 Å². The van der Waals surface area contributed by atoms with Crippen LogP contribution in [-0.4, -0.2) is 18.6 Å².